The van der Waals surface area contributed by atoms with Gasteiger partial charge in [-0.1, -0.05) is 6.92 Å². The van der Waals surface area contributed by atoms with Gasteiger partial charge in [-0.25, -0.2) is 4.98 Å². The van der Waals surface area contributed by atoms with Gasteiger partial charge in [-0.3, -0.25) is 9.48 Å². The van der Waals surface area contributed by atoms with E-state index in [1.165, 1.54) is 0 Å². The average molecular weight is 317 g/mol. The van der Waals surface area contributed by atoms with Crippen LogP contribution in [0.1, 0.15) is 52.7 Å². The summed E-state index contributed by atoms with van der Waals surface area (Å²) in [6, 6.07) is -0.0579. The van der Waals surface area contributed by atoms with Crippen molar-refractivity contribution < 1.29 is 9.53 Å². The monoisotopic (exact) mass is 317 g/mol. The molecule has 0 radical (unpaired) electrons. The minimum Gasteiger partial charge on any atom is -0.371 e. The molecule has 7 heteroatoms. The predicted octanol–water partition coefficient (Wildman–Crippen LogP) is 1.58. The molecule has 2 N–H and O–H groups in total. The highest BCUT2D eigenvalue weighted by Crippen LogP contribution is 2.33. The summed E-state index contributed by atoms with van der Waals surface area (Å²) in [5.74, 6) is 0.671. The minimum absolute atomic E-state index is 0.0579. The van der Waals surface area contributed by atoms with Crippen LogP contribution in [-0.4, -0.2) is 38.3 Å². The Bertz CT molecular complexity index is 718. The van der Waals surface area contributed by atoms with Gasteiger partial charge in [0, 0.05) is 31.3 Å². The standard InChI is InChI=1S/C16H23N5O2/c1-5-13-17-8-12(18-13)16(22)19-11-6-7-23-15(11)14-9(2)20-21(4)10(14)3/h8,11,15H,5-7H2,1-4H3,(H,17,18)(H,19,22)/t11-,15-/m0/s1. The summed E-state index contributed by atoms with van der Waals surface area (Å²) in [5, 5.41) is 7.52. The third kappa shape index (κ3) is 2.88. The van der Waals surface area contributed by atoms with E-state index < -0.39 is 0 Å². The van der Waals surface area contributed by atoms with Gasteiger partial charge in [-0.2, -0.15) is 5.10 Å². The van der Waals surface area contributed by atoms with Crippen LogP contribution in [-0.2, 0) is 18.2 Å². The summed E-state index contributed by atoms with van der Waals surface area (Å²) < 4.78 is 7.75. The fraction of sp³-hybridized carbons (Fsp3) is 0.562. The smallest absolute Gasteiger partial charge is 0.269 e. The first-order valence-corrected chi connectivity index (χ1v) is 7.97. The summed E-state index contributed by atoms with van der Waals surface area (Å²) in [7, 11) is 1.92. The third-order valence-electron chi connectivity index (χ3n) is 4.47. The molecule has 1 amide bonds. The molecule has 23 heavy (non-hydrogen) atoms. The molecule has 2 aromatic heterocycles. The molecule has 1 aliphatic heterocycles. The van der Waals surface area contributed by atoms with Crippen LogP contribution in [0, 0.1) is 13.8 Å². The Morgan fingerprint density at radius 1 is 1.52 bits per heavy atom. The molecule has 0 aromatic carbocycles. The second kappa shape index (κ2) is 6.16. The van der Waals surface area contributed by atoms with E-state index in [9.17, 15) is 4.79 Å². The number of aromatic amines is 1. The number of H-pyrrole nitrogens is 1. The van der Waals surface area contributed by atoms with Crippen LogP contribution in [0.3, 0.4) is 0 Å². The van der Waals surface area contributed by atoms with Crippen LogP contribution in [0.5, 0.6) is 0 Å². The van der Waals surface area contributed by atoms with Gasteiger partial charge in [0.2, 0.25) is 0 Å². The first-order valence-electron chi connectivity index (χ1n) is 7.97. The Labute approximate surface area is 135 Å². The van der Waals surface area contributed by atoms with Crippen molar-refractivity contribution in [1.29, 1.82) is 0 Å². The van der Waals surface area contributed by atoms with Crippen molar-refractivity contribution in [2.45, 2.75) is 45.8 Å². The number of ether oxygens (including phenoxy) is 1. The van der Waals surface area contributed by atoms with E-state index in [1.807, 2.05) is 32.5 Å². The second-order valence-electron chi connectivity index (χ2n) is 5.97. The van der Waals surface area contributed by atoms with E-state index in [0.29, 0.717) is 12.3 Å². The topological polar surface area (TPSA) is 84.8 Å². The number of nitrogens with zero attached hydrogens (tertiary/aromatic N) is 3. The van der Waals surface area contributed by atoms with Crippen molar-refractivity contribution in [2.24, 2.45) is 7.05 Å². The Balaban J connectivity index is 1.78. The lowest BCUT2D eigenvalue weighted by molar-refractivity contribution is 0.0814. The van der Waals surface area contributed by atoms with Gasteiger partial charge in [0.05, 0.1) is 17.9 Å². The summed E-state index contributed by atoms with van der Waals surface area (Å²) in [6.45, 7) is 6.63. The number of hydrogen-bond acceptors (Lipinski definition) is 4. The van der Waals surface area contributed by atoms with Crippen molar-refractivity contribution in [1.82, 2.24) is 25.1 Å². The summed E-state index contributed by atoms with van der Waals surface area (Å²) in [6.07, 6.45) is 3.00. The highest BCUT2D eigenvalue weighted by molar-refractivity contribution is 5.92. The lowest BCUT2D eigenvalue weighted by atomic mass is 10.00. The third-order valence-corrected chi connectivity index (χ3v) is 4.47. The molecule has 3 rings (SSSR count). The average Bonchev–Trinajstić information content (AvgIpc) is 3.21. The fourth-order valence-corrected chi connectivity index (χ4v) is 3.13. The van der Waals surface area contributed by atoms with E-state index in [4.69, 9.17) is 4.74 Å². The number of carbonyl (C=O) groups is 1. The second-order valence-corrected chi connectivity index (χ2v) is 5.97. The SMILES string of the molecule is CCc1ncc(C(=O)N[C@H]2CCO[C@@H]2c2c(C)nn(C)c2C)[nH]1. The van der Waals surface area contributed by atoms with Crippen molar-refractivity contribution >= 4 is 5.91 Å². The minimum atomic E-state index is -0.152. The Morgan fingerprint density at radius 3 is 2.91 bits per heavy atom. The molecule has 0 spiro atoms. The van der Waals surface area contributed by atoms with Crippen LogP contribution in [0.25, 0.3) is 0 Å². The van der Waals surface area contributed by atoms with Crippen LogP contribution in [0.15, 0.2) is 6.20 Å². The maximum Gasteiger partial charge on any atom is 0.269 e. The molecule has 2 aromatic rings. The first kappa shape index (κ1) is 15.7. The molecular formula is C16H23N5O2. The maximum absolute atomic E-state index is 12.4. The van der Waals surface area contributed by atoms with Crippen molar-refractivity contribution in [2.75, 3.05) is 6.61 Å². The first-order chi connectivity index (χ1) is 11.0. The van der Waals surface area contributed by atoms with E-state index in [-0.39, 0.29) is 18.1 Å². The summed E-state index contributed by atoms with van der Waals surface area (Å²) in [4.78, 5) is 19.6. The normalized spacial score (nSPS) is 20.9. The Hall–Kier alpha value is -2.15. The highest BCUT2D eigenvalue weighted by atomic mass is 16.5. The van der Waals surface area contributed by atoms with Crippen LogP contribution < -0.4 is 5.32 Å². The van der Waals surface area contributed by atoms with E-state index in [0.717, 1.165) is 35.6 Å². The summed E-state index contributed by atoms with van der Waals surface area (Å²) in [5.41, 5.74) is 3.59. The lowest BCUT2D eigenvalue weighted by Gasteiger charge is -2.20. The highest BCUT2D eigenvalue weighted by Gasteiger charge is 2.34. The molecular weight excluding hydrogens is 294 g/mol. The summed E-state index contributed by atoms with van der Waals surface area (Å²) >= 11 is 0. The Morgan fingerprint density at radius 2 is 2.30 bits per heavy atom. The van der Waals surface area contributed by atoms with Gasteiger partial charge in [0.25, 0.3) is 5.91 Å². The molecule has 2 atom stereocenters. The van der Waals surface area contributed by atoms with Gasteiger partial charge in [0.15, 0.2) is 0 Å². The molecule has 0 bridgehead atoms. The molecule has 0 saturated carbocycles. The Kier molecular flexibility index (Phi) is 4.21. The number of carbonyl (C=O) groups excluding carboxylic acids is 1. The zero-order valence-electron chi connectivity index (χ0n) is 14.0. The molecule has 3 heterocycles. The molecule has 0 unspecified atom stereocenters. The zero-order valence-corrected chi connectivity index (χ0v) is 14.0. The molecule has 124 valence electrons. The number of hydrogen-bond donors (Lipinski definition) is 2. The number of rotatable bonds is 4. The molecule has 1 saturated heterocycles. The number of aromatic nitrogens is 4. The van der Waals surface area contributed by atoms with E-state index >= 15 is 0 Å². The fourth-order valence-electron chi connectivity index (χ4n) is 3.13. The van der Waals surface area contributed by atoms with Crippen molar-refractivity contribution in [3.05, 3.63) is 34.7 Å². The van der Waals surface area contributed by atoms with Crippen LogP contribution in [0.2, 0.25) is 0 Å². The van der Waals surface area contributed by atoms with Crippen LogP contribution in [0.4, 0.5) is 0 Å². The number of nitrogens with one attached hydrogen (secondary N) is 2. The zero-order chi connectivity index (χ0) is 16.6. The number of amides is 1. The van der Waals surface area contributed by atoms with Gasteiger partial charge in [-0.15, -0.1) is 0 Å². The lowest BCUT2D eigenvalue weighted by Crippen LogP contribution is -2.37. The van der Waals surface area contributed by atoms with Gasteiger partial charge in [-0.05, 0) is 20.3 Å². The van der Waals surface area contributed by atoms with Crippen molar-refractivity contribution in [3.8, 4) is 0 Å². The molecule has 7 nitrogen and oxygen atoms in total. The number of aryl methyl sites for hydroxylation is 3. The maximum atomic E-state index is 12.4. The van der Waals surface area contributed by atoms with Gasteiger partial charge < -0.3 is 15.0 Å². The predicted molar refractivity (Wildman–Crippen MR) is 85.2 cm³/mol. The van der Waals surface area contributed by atoms with E-state index in [1.54, 1.807) is 6.20 Å². The molecule has 1 fully saturated rings. The van der Waals surface area contributed by atoms with Gasteiger partial charge >= 0.3 is 0 Å². The molecule has 1 aliphatic rings. The van der Waals surface area contributed by atoms with E-state index in [2.05, 4.69) is 20.4 Å². The van der Waals surface area contributed by atoms with Gasteiger partial charge in [0.1, 0.15) is 17.6 Å². The van der Waals surface area contributed by atoms with Crippen LogP contribution >= 0.6 is 0 Å². The number of imidazole rings is 1. The molecule has 0 aliphatic carbocycles. The quantitative estimate of drug-likeness (QED) is 0.896. The van der Waals surface area contributed by atoms with Crippen molar-refractivity contribution in [3.63, 3.8) is 0 Å². The largest absolute Gasteiger partial charge is 0.371 e.